The number of nitrogens with two attached hydrogens (primary N) is 1. The van der Waals surface area contributed by atoms with E-state index in [0.29, 0.717) is 5.82 Å². The lowest BCUT2D eigenvalue weighted by molar-refractivity contribution is 0.0747. The summed E-state index contributed by atoms with van der Waals surface area (Å²) in [7, 11) is 0. The Labute approximate surface area is 130 Å². The van der Waals surface area contributed by atoms with Gasteiger partial charge in [-0.3, -0.25) is 4.79 Å². The average Bonchev–Trinajstić information content (AvgIpc) is 2.56. The number of pyridine rings is 1. The molecule has 0 aliphatic carbocycles. The minimum absolute atomic E-state index is 0.107. The molecular formula is C17H20N4O. The number of anilines is 2. The monoisotopic (exact) mass is 296 g/mol. The third-order valence-corrected chi connectivity index (χ3v) is 4.00. The Morgan fingerprint density at radius 1 is 1.05 bits per heavy atom. The molecular weight excluding hydrogens is 276 g/mol. The van der Waals surface area contributed by atoms with E-state index in [1.807, 2.05) is 42.2 Å². The van der Waals surface area contributed by atoms with Gasteiger partial charge in [-0.05, 0) is 31.2 Å². The summed E-state index contributed by atoms with van der Waals surface area (Å²) in [6.07, 6.45) is 1.78. The first-order chi connectivity index (χ1) is 10.6. The van der Waals surface area contributed by atoms with Crippen LogP contribution < -0.4 is 10.6 Å². The zero-order valence-electron chi connectivity index (χ0n) is 12.7. The lowest BCUT2D eigenvalue weighted by Gasteiger charge is -2.36. The fourth-order valence-corrected chi connectivity index (χ4v) is 2.63. The van der Waals surface area contributed by atoms with Gasteiger partial charge in [0.15, 0.2) is 0 Å². The van der Waals surface area contributed by atoms with Gasteiger partial charge in [0.25, 0.3) is 5.91 Å². The van der Waals surface area contributed by atoms with Gasteiger partial charge in [0, 0.05) is 31.7 Å². The number of rotatable bonds is 2. The molecule has 0 atom stereocenters. The molecule has 0 unspecified atom stereocenters. The van der Waals surface area contributed by atoms with Crippen LogP contribution in [0, 0.1) is 6.92 Å². The summed E-state index contributed by atoms with van der Waals surface area (Å²) in [6, 6.07) is 11.5. The largest absolute Gasteiger partial charge is 0.384 e. The van der Waals surface area contributed by atoms with Crippen LogP contribution in [0.4, 0.5) is 11.5 Å². The van der Waals surface area contributed by atoms with Crippen LogP contribution in [0.3, 0.4) is 0 Å². The number of nitrogen functional groups attached to an aromatic ring is 1. The second-order valence-electron chi connectivity index (χ2n) is 5.59. The van der Waals surface area contributed by atoms with Crippen LogP contribution in [0.1, 0.15) is 15.9 Å². The minimum atomic E-state index is 0.107. The molecule has 0 spiro atoms. The summed E-state index contributed by atoms with van der Waals surface area (Å²) in [5, 5.41) is 0. The lowest BCUT2D eigenvalue weighted by Crippen LogP contribution is -2.48. The lowest BCUT2D eigenvalue weighted by atomic mass is 10.1. The van der Waals surface area contributed by atoms with Crippen LogP contribution in [-0.2, 0) is 0 Å². The van der Waals surface area contributed by atoms with E-state index in [1.54, 1.807) is 12.3 Å². The molecule has 1 aliphatic heterocycles. The van der Waals surface area contributed by atoms with Crippen molar-refractivity contribution in [2.45, 2.75) is 6.92 Å². The first-order valence-corrected chi connectivity index (χ1v) is 7.46. The van der Waals surface area contributed by atoms with Crippen molar-refractivity contribution in [3.8, 4) is 0 Å². The van der Waals surface area contributed by atoms with Gasteiger partial charge in [-0.1, -0.05) is 17.7 Å². The van der Waals surface area contributed by atoms with E-state index < -0.39 is 0 Å². The van der Waals surface area contributed by atoms with E-state index in [1.165, 1.54) is 0 Å². The molecule has 2 aromatic rings. The highest BCUT2D eigenvalue weighted by Crippen LogP contribution is 2.17. The summed E-state index contributed by atoms with van der Waals surface area (Å²) in [5.41, 5.74) is 8.58. The van der Waals surface area contributed by atoms with E-state index in [0.717, 1.165) is 43.0 Å². The topological polar surface area (TPSA) is 62.5 Å². The van der Waals surface area contributed by atoms with Crippen LogP contribution in [0.15, 0.2) is 42.6 Å². The number of carbonyl (C=O) groups is 1. The Kier molecular flexibility index (Phi) is 3.96. The molecule has 5 heteroatoms. The van der Waals surface area contributed by atoms with Gasteiger partial charge in [0.2, 0.25) is 0 Å². The highest BCUT2D eigenvalue weighted by Gasteiger charge is 2.22. The fourth-order valence-electron chi connectivity index (χ4n) is 2.63. The Balaban J connectivity index is 1.62. The maximum atomic E-state index is 12.5. The van der Waals surface area contributed by atoms with Crippen LogP contribution >= 0.6 is 0 Å². The highest BCUT2D eigenvalue weighted by atomic mass is 16.2. The standard InChI is InChI=1S/C17H20N4O/c1-13-2-4-14(5-3-13)17(22)21-10-8-20(9-11-21)15-6-7-16(18)19-12-15/h2-7,12H,8-11H2,1H3,(H2,18,19). The van der Waals surface area contributed by atoms with Crippen molar-refractivity contribution in [2.75, 3.05) is 36.8 Å². The first-order valence-electron chi connectivity index (χ1n) is 7.46. The van der Waals surface area contributed by atoms with Crippen molar-refractivity contribution < 1.29 is 4.79 Å². The maximum Gasteiger partial charge on any atom is 0.253 e. The molecule has 0 radical (unpaired) electrons. The van der Waals surface area contributed by atoms with Crippen LogP contribution in [0.2, 0.25) is 0 Å². The van der Waals surface area contributed by atoms with E-state index in [4.69, 9.17) is 5.73 Å². The van der Waals surface area contributed by atoms with Crippen molar-refractivity contribution in [3.05, 3.63) is 53.7 Å². The fraction of sp³-hybridized carbons (Fsp3) is 0.294. The summed E-state index contributed by atoms with van der Waals surface area (Å²) >= 11 is 0. The predicted molar refractivity (Wildman–Crippen MR) is 87.9 cm³/mol. The second-order valence-corrected chi connectivity index (χ2v) is 5.59. The van der Waals surface area contributed by atoms with E-state index in [9.17, 15) is 4.79 Å². The van der Waals surface area contributed by atoms with Gasteiger partial charge in [-0.2, -0.15) is 0 Å². The molecule has 1 fully saturated rings. The molecule has 3 rings (SSSR count). The number of aryl methyl sites for hydroxylation is 1. The van der Waals surface area contributed by atoms with E-state index >= 15 is 0 Å². The number of hydrogen-bond acceptors (Lipinski definition) is 4. The van der Waals surface area contributed by atoms with Gasteiger partial charge >= 0.3 is 0 Å². The molecule has 2 heterocycles. The molecule has 1 amide bonds. The average molecular weight is 296 g/mol. The number of piperazine rings is 1. The molecule has 1 aliphatic rings. The van der Waals surface area contributed by atoms with E-state index in [2.05, 4.69) is 9.88 Å². The Hall–Kier alpha value is -2.56. The molecule has 2 N–H and O–H groups in total. The van der Waals surface area contributed by atoms with Gasteiger partial charge in [0.05, 0.1) is 11.9 Å². The molecule has 0 bridgehead atoms. The van der Waals surface area contributed by atoms with Gasteiger partial charge in [0.1, 0.15) is 5.82 Å². The molecule has 0 saturated carbocycles. The Morgan fingerprint density at radius 2 is 1.73 bits per heavy atom. The minimum Gasteiger partial charge on any atom is -0.384 e. The number of carbonyl (C=O) groups excluding carboxylic acids is 1. The quantitative estimate of drug-likeness (QED) is 0.920. The SMILES string of the molecule is Cc1ccc(C(=O)N2CCN(c3ccc(N)nc3)CC2)cc1. The molecule has 1 aromatic heterocycles. The number of benzene rings is 1. The third-order valence-electron chi connectivity index (χ3n) is 4.00. The smallest absolute Gasteiger partial charge is 0.253 e. The number of aromatic nitrogens is 1. The normalized spacial score (nSPS) is 15.0. The molecule has 114 valence electrons. The molecule has 1 aromatic carbocycles. The van der Waals surface area contributed by atoms with Gasteiger partial charge in [-0.25, -0.2) is 4.98 Å². The molecule has 1 saturated heterocycles. The molecule has 22 heavy (non-hydrogen) atoms. The number of nitrogens with zero attached hydrogens (tertiary/aromatic N) is 3. The van der Waals surface area contributed by atoms with Crippen molar-refractivity contribution in [2.24, 2.45) is 0 Å². The zero-order chi connectivity index (χ0) is 15.5. The Bertz CT molecular complexity index is 643. The van der Waals surface area contributed by atoms with Crippen LogP contribution in [-0.4, -0.2) is 42.0 Å². The van der Waals surface area contributed by atoms with Crippen LogP contribution in [0.5, 0.6) is 0 Å². The summed E-state index contributed by atoms with van der Waals surface area (Å²) in [6.45, 7) is 5.08. The zero-order valence-corrected chi connectivity index (χ0v) is 12.7. The number of hydrogen-bond donors (Lipinski definition) is 1. The van der Waals surface area contributed by atoms with Gasteiger partial charge in [-0.15, -0.1) is 0 Å². The van der Waals surface area contributed by atoms with E-state index in [-0.39, 0.29) is 5.91 Å². The first kappa shape index (κ1) is 14.4. The summed E-state index contributed by atoms with van der Waals surface area (Å²) in [5.74, 6) is 0.631. The van der Waals surface area contributed by atoms with Crippen LogP contribution in [0.25, 0.3) is 0 Å². The van der Waals surface area contributed by atoms with Crippen molar-refractivity contribution in [1.29, 1.82) is 0 Å². The van der Waals surface area contributed by atoms with Crippen molar-refractivity contribution in [3.63, 3.8) is 0 Å². The third kappa shape index (κ3) is 3.03. The molecule has 5 nitrogen and oxygen atoms in total. The van der Waals surface area contributed by atoms with Gasteiger partial charge < -0.3 is 15.5 Å². The summed E-state index contributed by atoms with van der Waals surface area (Å²) in [4.78, 5) is 20.7. The summed E-state index contributed by atoms with van der Waals surface area (Å²) < 4.78 is 0. The Morgan fingerprint density at radius 3 is 2.32 bits per heavy atom. The van der Waals surface area contributed by atoms with Crippen molar-refractivity contribution >= 4 is 17.4 Å². The second kappa shape index (κ2) is 6.05. The number of amides is 1. The maximum absolute atomic E-state index is 12.5. The van der Waals surface area contributed by atoms with Crippen molar-refractivity contribution in [1.82, 2.24) is 9.88 Å². The predicted octanol–water partition coefficient (Wildman–Crippen LogP) is 1.93. The highest BCUT2D eigenvalue weighted by molar-refractivity contribution is 5.94.